The van der Waals surface area contributed by atoms with Crippen LogP contribution in [0.5, 0.6) is 0 Å². The molecule has 21 heavy (non-hydrogen) atoms. The molecule has 3 rings (SSSR count). The molecule has 5 heteroatoms. The second-order valence-corrected chi connectivity index (χ2v) is 5.99. The normalized spacial score (nSPS) is 20.2. The van der Waals surface area contributed by atoms with Crippen LogP contribution in [0.3, 0.4) is 0 Å². The molecule has 1 aliphatic heterocycles. The molecule has 0 saturated carbocycles. The van der Waals surface area contributed by atoms with Gasteiger partial charge in [-0.1, -0.05) is 6.42 Å². The fourth-order valence-electron chi connectivity index (χ4n) is 3.28. The maximum absolute atomic E-state index is 13.2. The van der Waals surface area contributed by atoms with E-state index in [2.05, 4.69) is 16.8 Å². The minimum absolute atomic E-state index is 0.269. The van der Waals surface area contributed by atoms with Gasteiger partial charge < -0.3 is 15.2 Å². The second kappa shape index (κ2) is 6.02. The number of anilines is 1. The van der Waals surface area contributed by atoms with Gasteiger partial charge in [0.05, 0.1) is 11.0 Å². The van der Waals surface area contributed by atoms with Gasteiger partial charge in [0.1, 0.15) is 5.82 Å². The van der Waals surface area contributed by atoms with Crippen molar-refractivity contribution in [1.82, 2.24) is 14.5 Å². The number of fused-ring (bicyclic) bond motifs is 1. The summed E-state index contributed by atoms with van der Waals surface area (Å²) in [6.07, 6.45) is 4.99. The maximum atomic E-state index is 13.2. The Kier molecular flexibility index (Phi) is 4.10. The molecule has 0 aliphatic carbocycles. The minimum atomic E-state index is -0.269. The van der Waals surface area contributed by atoms with E-state index in [1.54, 1.807) is 6.07 Å². The lowest BCUT2D eigenvalue weighted by Gasteiger charge is -2.33. The van der Waals surface area contributed by atoms with E-state index in [0.29, 0.717) is 17.5 Å². The Balaban J connectivity index is 1.66. The van der Waals surface area contributed by atoms with Gasteiger partial charge in [0.2, 0.25) is 5.95 Å². The molecule has 4 nitrogen and oxygen atoms in total. The predicted molar refractivity (Wildman–Crippen MR) is 83.6 cm³/mol. The Morgan fingerprint density at radius 2 is 2.19 bits per heavy atom. The van der Waals surface area contributed by atoms with Gasteiger partial charge >= 0.3 is 0 Å². The van der Waals surface area contributed by atoms with Crippen LogP contribution in [0.25, 0.3) is 11.0 Å². The molecular formula is C16H23FN4. The molecule has 1 atom stereocenters. The number of nitrogens with zero attached hydrogens (tertiary/aromatic N) is 3. The number of nitrogen functional groups attached to an aromatic ring is 1. The molecule has 2 heterocycles. The Labute approximate surface area is 124 Å². The number of rotatable bonds is 4. The van der Waals surface area contributed by atoms with E-state index in [0.717, 1.165) is 25.0 Å². The number of hydrogen-bond donors (Lipinski definition) is 1. The van der Waals surface area contributed by atoms with Crippen molar-refractivity contribution in [2.24, 2.45) is 0 Å². The van der Waals surface area contributed by atoms with Crippen molar-refractivity contribution >= 4 is 17.0 Å². The molecule has 0 bridgehead atoms. The SMILES string of the molecule is CC1CCCCN1CCCn1c(N)nc2cc(F)ccc21. The zero-order valence-corrected chi connectivity index (χ0v) is 12.6. The molecular weight excluding hydrogens is 267 g/mol. The van der Waals surface area contributed by atoms with Crippen LogP contribution in [0.15, 0.2) is 18.2 Å². The van der Waals surface area contributed by atoms with E-state index < -0.39 is 0 Å². The van der Waals surface area contributed by atoms with Gasteiger partial charge in [-0.05, 0) is 44.9 Å². The van der Waals surface area contributed by atoms with Crippen LogP contribution in [0.2, 0.25) is 0 Å². The van der Waals surface area contributed by atoms with Crippen LogP contribution in [-0.4, -0.2) is 33.6 Å². The van der Waals surface area contributed by atoms with Crippen molar-refractivity contribution in [2.45, 2.75) is 45.2 Å². The Bertz CT molecular complexity index is 622. The van der Waals surface area contributed by atoms with Crippen LogP contribution in [0, 0.1) is 5.82 Å². The molecule has 1 fully saturated rings. The summed E-state index contributed by atoms with van der Waals surface area (Å²) in [5.74, 6) is 0.205. The number of piperidine rings is 1. The molecule has 0 radical (unpaired) electrons. The number of imidazole rings is 1. The molecule has 1 aliphatic rings. The fourth-order valence-corrected chi connectivity index (χ4v) is 3.28. The van der Waals surface area contributed by atoms with Crippen molar-refractivity contribution in [2.75, 3.05) is 18.8 Å². The topological polar surface area (TPSA) is 47.1 Å². The minimum Gasteiger partial charge on any atom is -0.369 e. The summed E-state index contributed by atoms with van der Waals surface area (Å²) in [5, 5.41) is 0. The quantitative estimate of drug-likeness (QED) is 0.941. The van der Waals surface area contributed by atoms with Crippen molar-refractivity contribution in [3.63, 3.8) is 0 Å². The first-order valence-corrected chi connectivity index (χ1v) is 7.80. The summed E-state index contributed by atoms with van der Waals surface area (Å²) < 4.78 is 15.2. The van der Waals surface area contributed by atoms with Gasteiger partial charge in [0.15, 0.2) is 0 Å². The number of hydrogen-bond acceptors (Lipinski definition) is 3. The van der Waals surface area contributed by atoms with Crippen LogP contribution < -0.4 is 5.73 Å². The van der Waals surface area contributed by atoms with E-state index >= 15 is 0 Å². The third kappa shape index (κ3) is 3.02. The van der Waals surface area contributed by atoms with Gasteiger partial charge in [-0.2, -0.15) is 0 Å². The highest BCUT2D eigenvalue weighted by molar-refractivity contribution is 5.78. The monoisotopic (exact) mass is 290 g/mol. The first-order valence-electron chi connectivity index (χ1n) is 7.80. The van der Waals surface area contributed by atoms with Gasteiger partial charge in [0, 0.05) is 25.2 Å². The van der Waals surface area contributed by atoms with Crippen molar-refractivity contribution in [1.29, 1.82) is 0 Å². The first kappa shape index (κ1) is 14.3. The first-order chi connectivity index (χ1) is 10.1. The summed E-state index contributed by atoms with van der Waals surface area (Å²) in [6, 6.07) is 5.35. The summed E-state index contributed by atoms with van der Waals surface area (Å²) in [5.41, 5.74) is 7.52. The number of nitrogens with two attached hydrogens (primary N) is 1. The zero-order chi connectivity index (χ0) is 14.8. The number of aromatic nitrogens is 2. The fraction of sp³-hybridized carbons (Fsp3) is 0.562. The van der Waals surface area contributed by atoms with E-state index in [9.17, 15) is 4.39 Å². The molecule has 2 N–H and O–H groups in total. The smallest absolute Gasteiger partial charge is 0.201 e. The lowest BCUT2D eigenvalue weighted by Crippen LogP contribution is -2.38. The van der Waals surface area contributed by atoms with E-state index in [-0.39, 0.29) is 5.82 Å². The standard InChI is InChI=1S/C16H23FN4/c1-12-5-2-3-8-20(12)9-4-10-21-15-7-6-13(17)11-14(15)19-16(21)18/h6-7,11-12H,2-5,8-10H2,1H3,(H2,18,19). The number of halogens is 1. The number of aryl methyl sites for hydroxylation is 1. The third-order valence-corrected chi connectivity index (χ3v) is 4.51. The maximum Gasteiger partial charge on any atom is 0.201 e. The van der Waals surface area contributed by atoms with Crippen LogP contribution in [0.4, 0.5) is 10.3 Å². The molecule has 1 unspecified atom stereocenters. The average Bonchev–Trinajstić information content (AvgIpc) is 2.76. The van der Waals surface area contributed by atoms with Gasteiger partial charge in [-0.15, -0.1) is 0 Å². The van der Waals surface area contributed by atoms with Crippen LogP contribution in [-0.2, 0) is 6.54 Å². The lowest BCUT2D eigenvalue weighted by molar-refractivity contribution is 0.157. The van der Waals surface area contributed by atoms with E-state index in [1.807, 2.05) is 4.57 Å². The lowest BCUT2D eigenvalue weighted by atomic mass is 10.0. The average molecular weight is 290 g/mol. The van der Waals surface area contributed by atoms with Gasteiger partial charge in [0.25, 0.3) is 0 Å². The summed E-state index contributed by atoms with van der Waals surface area (Å²) in [6.45, 7) is 5.42. The molecule has 114 valence electrons. The Hall–Kier alpha value is -1.62. The number of benzene rings is 1. The van der Waals surface area contributed by atoms with Crippen molar-refractivity contribution in [3.8, 4) is 0 Å². The zero-order valence-electron chi connectivity index (χ0n) is 12.6. The summed E-state index contributed by atoms with van der Waals surface area (Å²) in [7, 11) is 0. The Morgan fingerprint density at radius 3 is 3.00 bits per heavy atom. The molecule has 0 spiro atoms. The van der Waals surface area contributed by atoms with Gasteiger partial charge in [-0.25, -0.2) is 9.37 Å². The highest BCUT2D eigenvalue weighted by Gasteiger charge is 2.17. The molecule has 1 aromatic carbocycles. The molecule has 1 saturated heterocycles. The summed E-state index contributed by atoms with van der Waals surface area (Å²) >= 11 is 0. The van der Waals surface area contributed by atoms with Crippen LogP contribution >= 0.6 is 0 Å². The molecule has 0 amide bonds. The Morgan fingerprint density at radius 1 is 1.33 bits per heavy atom. The van der Waals surface area contributed by atoms with Crippen LogP contribution in [0.1, 0.15) is 32.6 Å². The second-order valence-electron chi connectivity index (χ2n) is 5.99. The molecule has 2 aromatic rings. The van der Waals surface area contributed by atoms with Gasteiger partial charge in [-0.3, -0.25) is 0 Å². The van der Waals surface area contributed by atoms with Crippen molar-refractivity contribution in [3.05, 3.63) is 24.0 Å². The van der Waals surface area contributed by atoms with Crippen molar-refractivity contribution < 1.29 is 4.39 Å². The number of likely N-dealkylation sites (tertiary alicyclic amines) is 1. The highest BCUT2D eigenvalue weighted by atomic mass is 19.1. The molecule has 1 aromatic heterocycles. The predicted octanol–water partition coefficient (Wildman–Crippen LogP) is 3.02. The largest absolute Gasteiger partial charge is 0.369 e. The highest BCUT2D eigenvalue weighted by Crippen LogP contribution is 2.20. The van der Waals surface area contributed by atoms with E-state index in [1.165, 1.54) is 37.9 Å². The van der Waals surface area contributed by atoms with E-state index in [4.69, 9.17) is 5.73 Å². The third-order valence-electron chi connectivity index (χ3n) is 4.51. The summed E-state index contributed by atoms with van der Waals surface area (Å²) in [4.78, 5) is 6.80.